The standard InChI is InChI=1S/C18H22F3NO5/c1-5-18(15(24)25,22-16(26)27-17(2,3)4)7-6-14(23)10-8-12(20)13(21)9-11(10)19/h8-9H,5-7H2,1-4H3,(H,22,26)(H,24,25)/t18-/m0/s1. The van der Waals surface area contributed by atoms with E-state index in [-0.39, 0.29) is 12.5 Å². The lowest BCUT2D eigenvalue weighted by atomic mass is 9.88. The number of Topliss-reactive ketones (excluding diaryl/α,β-unsaturated/α-hetero) is 1. The lowest BCUT2D eigenvalue weighted by Crippen LogP contribution is -2.55. The highest BCUT2D eigenvalue weighted by molar-refractivity contribution is 5.97. The number of carboxylic acid groups (broad SMARTS) is 1. The molecule has 0 aliphatic heterocycles. The minimum atomic E-state index is -1.84. The Morgan fingerprint density at radius 3 is 2.11 bits per heavy atom. The van der Waals surface area contributed by atoms with Crippen LogP contribution in [-0.2, 0) is 9.53 Å². The number of halogens is 3. The van der Waals surface area contributed by atoms with Crippen LogP contribution in [0.2, 0.25) is 0 Å². The van der Waals surface area contributed by atoms with Crippen LogP contribution in [-0.4, -0.2) is 34.1 Å². The summed E-state index contributed by atoms with van der Waals surface area (Å²) in [5.41, 5.74) is -3.40. The molecule has 1 amide bonds. The minimum Gasteiger partial charge on any atom is -0.480 e. The first-order chi connectivity index (χ1) is 12.3. The second-order valence-corrected chi connectivity index (χ2v) is 7.04. The monoisotopic (exact) mass is 389 g/mol. The van der Waals surface area contributed by atoms with Gasteiger partial charge in [0.2, 0.25) is 0 Å². The van der Waals surface area contributed by atoms with Gasteiger partial charge in [-0.25, -0.2) is 22.8 Å². The zero-order valence-corrected chi connectivity index (χ0v) is 15.5. The fourth-order valence-electron chi connectivity index (χ4n) is 2.34. The van der Waals surface area contributed by atoms with E-state index in [1.807, 2.05) is 0 Å². The molecule has 0 spiro atoms. The molecule has 0 saturated heterocycles. The van der Waals surface area contributed by atoms with E-state index >= 15 is 0 Å². The van der Waals surface area contributed by atoms with Crippen molar-refractivity contribution in [3.8, 4) is 0 Å². The Bertz CT molecular complexity index is 745. The molecule has 0 fully saturated rings. The Hall–Kier alpha value is -2.58. The van der Waals surface area contributed by atoms with E-state index in [2.05, 4.69) is 5.32 Å². The molecule has 0 bridgehead atoms. The predicted octanol–water partition coefficient (Wildman–Crippen LogP) is 3.82. The van der Waals surface area contributed by atoms with Crippen LogP contribution in [0.3, 0.4) is 0 Å². The number of carboxylic acids is 1. The average Bonchev–Trinajstić information content (AvgIpc) is 2.52. The lowest BCUT2D eigenvalue weighted by Gasteiger charge is -2.30. The van der Waals surface area contributed by atoms with Gasteiger partial charge in [0.1, 0.15) is 17.0 Å². The number of hydrogen-bond acceptors (Lipinski definition) is 4. The third kappa shape index (κ3) is 5.97. The maximum Gasteiger partial charge on any atom is 0.408 e. The molecule has 0 aliphatic rings. The van der Waals surface area contributed by atoms with Gasteiger partial charge in [-0.05, 0) is 39.7 Å². The number of rotatable bonds is 7. The molecule has 2 N–H and O–H groups in total. The van der Waals surface area contributed by atoms with Gasteiger partial charge in [0.05, 0.1) is 5.56 Å². The highest BCUT2D eigenvalue weighted by Crippen LogP contribution is 2.23. The van der Waals surface area contributed by atoms with Crippen molar-refractivity contribution in [2.45, 2.75) is 58.1 Å². The Balaban J connectivity index is 2.98. The number of nitrogens with one attached hydrogen (secondary N) is 1. The SMILES string of the molecule is CC[C@@](CCC(=O)c1cc(F)c(F)cc1F)(NC(=O)OC(C)(C)C)C(=O)O. The van der Waals surface area contributed by atoms with Gasteiger partial charge in [0.25, 0.3) is 0 Å². The molecule has 1 rings (SSSR count). The molecule has 0 aromatic heterocycles. The van der Waals surface area contributed by atoms with Gasteiger partial charge < -0.3 is 15.2 Å². The smallest absolute Gasteiger partial charge is 0.408 e. The molecule has 1 atom stereocenters. The Kier molecular flexibility index (Phi) is 6.99. The molecule has 150 valence electrons. The number of ketones is 1. The summed E-state index contributed by atoms with van der Waals surface area (Å²) >= 11 is 0. The third-order valence-corrected chi connectivity index (χ3v) is 3.84. The molecular formula is C18H22F3NO5. The maximum atomic E-state index is 13.7. The van der Waals surface area contributed by atoms with Gasteiger partial charge >= 0.3 is 12.1 Å². The van der Waals surface area contributed by atoms with Crippen LogP contribution in [0.5, 0.6) is 0 Å². The van der Waals surface area contributed by atoms with Crippen molar-refractivity contribution in [1.82, 2.24) is 5.32 Å². The summed E-state index contributed by atoms with van der Waals surface area (Å²) in [7, 11) is 0. The van der Waals surface area contributed by atoms with E-state index in [0.29, 0.717) is 6.07 Å². The van der Waals surface area contributed by atoms with Crippen LogP contribution >= 0.6 is 0 Å². The van der Waals surface area contributed by atoms with E-state index in [1.165, 1.54) is 6.92 Å². The molecule has 6 nitrogen and oxygen atoms in total. The minimum absolute atomic E-state index is 0.0882. The number of hydrogen-bond donors (Lipinski definition) is 2. The van der Waals surface area contributed by atoms with Gasteiger partial charge in [0, 0.05) is 12.5 Å². The molecule has 0 heterocycles. The first kappa shape index (κ1) is 22.5. The van der Waals surface area contributed by atoms with Crippen molar-refractivity contribution in [1.29, 1.82) is 0 Å². The second kappa shape index (κ2) is 8.41. The maximum absolute atomic E-state index is 13.7. The fourth-order valence-corrected chi connectivity index (χ4v) is 2.34. The van der Waals surface area contributed by atoms with Crippen molar-refractivity contribution < 1.29 is 37.4 Å². The molecule has 0 unspecified atom stereocenters. The van der Waals surface area contributed by atoms with Crippen molar-refractivity contribution in [2.24, 2.45) is 0 Å². The highest BCUT2D eigenvalue weighted by Gasteiger charge is 2.40. The number of alkyl carbamates (subject to hydrolysis) is 1. The quantitative estimate of drug-likeness (QED) is 0.546. The average molecular weight is 389 g/mol. The zero-order chi connectivity index (χ0) is 21.0. The van der Waals surface area contributed by atoms with E-state index in [9.17, 15) is 32.7 Å². The van der Waals surface area contributed by atoms with Crippen molar-refractivity contribution >= 4 is 17.8 Å². The molecule has 9 heteroatoms. The summed E-state index contributed by atoms with van der Waals surface area (Å²) in [6.07, 6.45) is -1.99. The van der Waals surface area contributed by atoms with E-state index in [1.54, 1.807) is 20.8 Å². The van der Waals surface area contributed by atoms with Gasteiger partial charge in [-0.15, -0.1) is 0 Å². The summed E-state index contributed by atoms with van der Waals surface area (Å²) in [4.78, 5) is 35.8. The van der Waals surface area contributed by atoms with Crippen molar-refractivity contribution in [3.05, 3.63) is 35.1 Å². The van der Waals surface area contributed by atoms with Crippen molar-refractivity contribution in [3.63, 3.8) is 0 Å². The molecule has 0 radical (unpaired) electrons. The predicted molar refractivity (Wildman–Crippen MR) is 89.9 cm³/mol. The van der Waals surface area contributed by atoms with Crippen LogP contribution < -0.4 is 5.32 Å². The first-order valence-electron chi connectivity index (χ1n) is 8.23. The molecule has 1 aromatic carbocycles. The molecule has 0 aliphatic carbocycles. The van der Waals surface area contributed by atoms with Crippen LogP contribution in [0.1, 0.15) is 57.3 Å². The first-order valence-corrected chi connectivity index (χ1v) is 8.23. The Morgan fingerprint density at radius 2 is 1.63 bits per heavy atom. The van der Waals surface area contributed by atoms with E-state index < -0.39 is 64.8 Å². The van der Waals surface area contributed by atoms with E-state index in [4.69, 9.17) is 4.74 Å². The second-order valence-electron chi connectivity index (χ2n) is 7.04. The highest BCUT2D eigenvalue weighted by atomic mass is 19.2. The van der Waals surface area contributed by atoms with Gasteiger partial charge in [-0.2, -0.15) is 0 Å². The summed E-state index contributed by atoms with van der Waals surface area (Å²) in [6, 6.07) is 0.661. The zero-order valence-electron chi connectivity index (χ0n) is 15.5. The van der Waals surface area contributed by atoms with Crippen molar-refractivity contribution in [2.75, 3.05) is 0 Å². The fraction of sp³-hybridized carbons (Fsp3) is 0.500. The van der Waals surface area contributed by atoms with Crippen LogP contribution in [0, 0.1) is 17.5 Å². The number of amides is 1. The van der Waals surface area contributed by atoms with E-state index in [0.717, 1.165) is 0 Å². The topological polar surface area (TPSA) is 92.7 Å². The summed E-state index contributed by atoms with van der Waals surface area (Å²) in [5.74, 6) is -6.42. The molecule has 0 saturated carbocycles. The largest absolute Gasteiger partial charge is 0.480 e. The molecule has 27 heavy (non-hydrogen) atoms. The summed E-state index contributed by atoms with van der Waals surface area (Å²) in [6.45, 7) is 6.26. The number of aliphatic carboxylic acids is 1. The summed E-state index contributed by atoms with van der Waals surface area (Å²) < 4.78 is 45.0. The van der Waals surface area contributed by atoms with Gasteiger partial charge in [-0.3, -0.25) is 4.79 Å². The van der Waals surface area contributed by atoms with Gasteiger partial charge in [0.15, 0.2) is 17.4 Å². The Labute approximate surface area is 154 Å². The van der Waals surface area contributed by atoms with Crippen LogP contribution in [0.4, 0.5) is 18.0 Å². The molecular weight excluding hydrogens is 367 g/mol. The molecule has 1 aromatic rings. The van der Waals surface area contributed by atoms with Gasteiger partial charge in [-0.1, -0.05) is 6.92 Å². The summed E-state index contributed by atoms with van der Waals surface area (Å²) in [5, 5.41) is 11.8. The normalized spacial score (nSPS) is 13.6. The van der Waals surface area contributed by atoms with Crippen LogP contribution in [0.25, 0.3) is 0 Å². The third-order valence-electron chi connectivity index (χ3n) is 3.84. The number of carbonyl (C=O) groups is 3. The number of ether oxygens (including phenoxy) is 1. The number of benzene rings is 1. The van der Waals surface area contributed by atoms with Crippen LogP contribution in [0.15, 0.2) is 12.1 Å². The Morgan fingerprint density at radius 1 is 1.07 bits per heavy atom. The lowest BCUT2D eigenvalue weighted by molar-refractivity contribution is -0.145. The number of carbonyl (C=O) groups excluding carboxylic acids is 2.